The highest BCUT2D eigenvalue weighted by Crippen LogP contribution is 2.21. The van der Waals surface area contributed by atoms with E-state index in [4.69, 9.17) is 9.84 Å². The largest absolute Gasteiger partial charge is 0.480 e. The highest BCUT2D eigenvalue weighted by atomic mass is 16.5. The fraction of sp³-hybridized carbons (Fsp3) is 0.250. The molecule has 9 nitrogen and oxygen atoms in total. The minimum Gasteiger partial charge on any atom is -0.480 e. The Balaban J connectivity index is 1.37. The first kappa shape index (κ1) is 17.4. The summed E-state index contributed by atoms with van der Waals surface area (Å²) in [6.45, 7) is 3.32. The van der Waals surface area contributed by atoms with Gasteiger partial charge in [0, 0.05) is 31.7 Å². The third-order valence-electron chi connectivity index (χ3n) is 5.02. The molecule has 0 bridgehead atoms. The van der Waals surface area contributed by atoms with E-state index in [0.717, 1.165) is 54.8 Å². The van der Waals surface area contributed by atoms with E-state index in [0.29, 0.717) is 5.88 Å². The number of anilines is 2. The van der Waals surface area contributed by atoms with Crippen molar-refractivity contribution in [3.63, 3.8) is 0 Å². The Bertz CT molecular complexity index is 1120. The molecule has 0 N–H and O–H groups in total. The van der Waals surface area contributed by atoms with Crippen molar-refractivity contribution in [3.8, 4) is 17.3 Å². The zero-order valence-corrected chi connectivity index (χ0v) is 16.0. The average molecular weight is 388 g/mol. The lowest BCUT2D eigenvalue weighted by Crippen LogP contribution is -2.47. The second kappa shape index (κ2) is 7.34. The third kappa shape index (κ3) is 3.31. The standard InChI is InChI=1S/C20H20N8O/c1-29-19-14-21-13-18(22-19)27-11-9-26(10-12-27)17-8-7-16-23-24-20(28(16)25-17)15-5-3-2-4-6-15/h2-8,13-14H,9-12H2,1H3. The molecule has 29 heavy (non-hydrogen) atoms. The summed E-state index contributed by atoms with van der Waals surface area (Å²) in [5, 5.41) is 13.4. The number of ether oxygens (including phenoxy) is 1. The summed E-state index contributed by atoms with van der Waals surface area (Å²) in [7, 11) is 1.60. The predicted molar refractivity (Wildman–Crippen MR) is 109 cm³/mol. The molecule has 0 unspecified atom stereocenters. The van der Waals surface area contributed by atoms with Gasteiger partial charge in [0.25, 0.3) is 0 Å². The van der Waals surface area contributed by atoms with Crippen LogP contribution in [0.25, 0.3) is 17.0 Å². The van der Waals surface area contributed by atoms with Crippen LogP contribution in [0.2, 0.25) is 0 Å². The molecule has 0 spiro atoms. The molecule has 1 aromatic carbocycles. The van der Waals surface area contributed by atoms with Crippen molar-refractivity contribution >= 4 is 17.3 Å². The number of nitrogens with zero attached hydrogens (tertiary/aromatic N) is 8. The summed E-state index contributed by atoms with van der Waals surface area (Å²) in [4.78, 5) is 13.1. The maximum Gasteiger partial charge on any atom is 0.233 e. The molecule has 1 fully saturated rings. The quantitative estimate of drug-likeness (QED) is 0.524. The fourth-order valence-corrected chi connectivity index (χ4v) is 3.47. The molecule has 1 saturated heterocycles. The molecule has 1 aliphatic rings. The maximum atomic E-state index is 5.18. The summed E-state index contributed by atoms with van der Waals surface area (Å²) in [5.74, 6) is 3.01. The molecule has 9 heteroatoms. The zero-order chi connectivity index (χ0) is 19.6. The number of rotatable bonds is 4. The van der Waals surface area contributed by atoms with Crippen LogP contribution >= 0.6 is 0 Å². The number of fused-ring (bicyclic) bond motifs is 1. The van der Waals surface area contributed by atoms with E-state index >= 15 is 0 Å². The molecule has 0 amide bonds. The summed E-state index contributed by atoms with van der Waals surface area (Å²) < 4.78 is 6.99. The summed E-state index contributed by atoms with van der Waals surface area (Å²) >= 11 is 0. The minimum absolute atomic E-state index is 0.526. The van der Waals surface area contributed by atoms with Crippen LogP contribution in [0, 0.1) is 0 Å². The Morgan fingerprint density at radius 1 is 0.828 bits per heavy atom. The van der Waals surface area contributed by atoms with E-state index in [-0.39, 0.29) is 0 Å². The Labute approximate surface area is 167 Å². The van der Waals surface area contributed by atoms with Gasteiger partial charge >= 0.3 is 0 Å². The maximum absolute atomic E-state index is 5.18. The van der Waals surface area contributed by atoms with Gasteiger partial charge in [0.1, 0.15) is 5.82 Å². The predicted octanol–water partition coefficient (Wildman–Crippen LogP) is 1.92. The highest BCUT2D eigenvalue weighted by Gasteiger charge is 2.21. The molecule has 4 heterocycles. The smallest absolute Gasteiger partial charge is 0.233 e. The molecular formula is C20H20N8O. The summed E-state index contributed by atoms with van der Waals surface area (Å²) in [6, 6.07) is 13.9. The van der Waals surface area contributed by atoms with Gasteiger partial charge in [-0.2, -0.15) is 9.50 Å². The van der Waals surface area contributed by atoms with E-state index in [2.05, 4.69) is 30.0 Å². The first-order valence-electron chi connectivity index (χ1n) is 9.45. The number of hydrogen-bond acceptors (Lipinski definition) is 8. The zero-order valence-electron chi connectivity index (χ0n) is 16.0. The van der Waals surface area contributed by atoms with Gasteiger partial charge in [-0.3, -0.25) is 4.98 Å². The first-order valence-corrected chi connectivity index (χ1v) is 9.45. The molecule has 146 valence electrons. The van der Waals surface area contributed by atoms with Crippen LogP contribution in [0.15, 0.2) is 54.9 Å². The van der Waals surface area contributed by atoms with E-state index in [1.165, 1.54) is 0 Å². The minimum atomic E-state index is 0.526. The average Bonchev–Trinajstić information content (AvgIpc) is 3.23. The summed E-state index contributed by atoms with van der Waals surface area (Å²) in [6.07, 6.45) is 3.38. The normalized spacial score (nSPS) is 14.4. The number of hydrogen-bond donors (Lipinski definition) is 0. The highest BCUT2D eigenvalue weighted by molar-refractivity contribution is 5.59. The van der Waals surface area contributed by atoms with Crippen molar-refractivity contribution in [1.82, 2.24) is 29.8 Å². The van der Waals surface area contributed by atoms with Crippen LogP contribution < -0.4 is 14.5 Å². The van der Waals surface area contributed by atoms with E-state index in [1.807, 2.05) is 47.0 Å². The molecule has 1 aliphatic heterocycles. The Morgan fingerprint density at radius 2 is 1.59 bits per heavy atom. The molecular weight excluding hydrogens is 368 g/mol. The number of aromatic nitrogens is 6. The SMILES string of the molecule is COc1cncc(N2CCN(c3ccc4nnc(-c5ccccc5)n4n3)CC2)n1. The van der Waals surface area contributed by atoms with E-state index < -0.39 is 0 Å². The fourth-order valence-electron chi connectivity index (χ4n) is 3.47. The molecule has 5 rings (SSSR count). The third-order valence-corrected chi connectivity index (χ3v) is 5.02. The van der Waals surface area contributed by atoms with Crippen LogP contribution in [0.4, 0.5) is 11.6 Å². The van der Waals surface area contributed by atoms with Crippen LogP contribution in [0.3, 0.4) is 0 Å². The van der Waals surface area contributed by atoms with Crippen molar-refractivity contribution in [2.45, 2.75) is 0 Å². The van der Waals surface area contributed by atoms with Crippen molar-refractivity contribution in [2.24, 2.45) is 0 Å². The topological polar surface area (TPSA) is 84.6 Å². The molecule has 0 atom stereocenters. The van der Waals surface area contributed by atoms with Crippen molar-refractivity contribution in [3.05, 3.63) is 54.9 Å². The monoisotopic (exact) mass is 388 g/mol. The second-order valence-electron chi connectivity index (χ2n) is 6.74. The molecule has 0 saturated carbocycles. The van der Waals surface area contributed by atoms with Gasteiger partial charge in [0.05, 0.1) is 19.5 Å². The van der Waals surface area contributed by atoms with Crippen LogP contribution in [0.1, 0.15) is 0 Å². The lowest BCUT2D eigenvalue weighted by Gasteiger charge is -2.35. The van der Waals surface area contributed by atoms with Gasteiger partial charge in [-0.05, 0) is 12.1 Å². The molecule has 0 radical (unpaired) electrons. The molecule has 0 aliphatic carbocycles. The van der Waals surface area contributed by atoms with E-state index in [9.17, 15) is 0 Å². The lowest BCUT2D eigenvalue weighted by atomic mass is 10.2. The van der Waals surface area contributed by atoms with Crippen molar-refractivity contribution < 1.29 is 4.74 Å². The molecule has 4 aromatic rings. The second-order valence-corrected chi connectivity index (χ2v) is 6.74. The van der Waals surface area contributed by atoms with Gasteiger partial charge in [-0.15, -0.1) is 15.3 Å². The van der Waals surface area contributed by atoms with Gasteiger partial charge in [-0.25, -0.2) is 0 Å². The Hall–Kier alpha value is -3.75. The van der Waals surface area contributed by atoms with Crippen molar-refractivity contribution in [2.75, 3.05) is 43.1 Å². The van der Waals surface area contributed by atoms with Gasteiger partial charge in [0.2, 0.25) is 5.88 Å². The van der Waals surface area contributed by atoms with Gasteiger partial charge in [0.15, 0.2) is 17.3 Å². The van der Waals surface area contributed by atoms with Crippen molar-refractivity contribution in [1.29, 1.82) is 0 Å². The number of piperazine rings is 1. The van der Waals surface area contributed by atoms with Crippen LogP contribution in [0.5, 0.6) is 5.88 Å². The lowest BCUT2D eigenvalue weighted by molar-refractivity contribution is 0.395. The van der Waals surface area contributed by atoms with Gasteiger partial charge < -0.3 is 14.5 Å². The van der Waals surface area contributed by atoms with E-state index in [1.54, 1.807) is 19.5 Å². The Morgan fingerprint density at radius 3 is 2.34 bits per heavy atom. The number of methoxy groups -OCH3 is 1. The summed E-state index contributed by atoms with van der Waals surface area (Å²) in [5.41, 5.74) is 1.73. The van der Waals surface area contributed by atoms with Crippen LogP contribution in [-0.4, -0.2) is 63.1 Å². The first-order chi connectivity index (χ1) is 14.3. The Kier molecular flexibility index (Phi) is 4.39. The van der Waals surface area contributed by atoms with Gasteiger partial charge in [-0.1, -0.05) is 30.3 Å². The molecule has 3 aromatic heterocycles. The number of benzene rings is 1. The van der Waals surface area contributed by atoms with Crippen LogP contribution in [-0.2, 0) is 0 Å².